The van der Waals surface area contributed by atoms with Crippen molar-refractivity contribution in [1.82, 2.24) is 9.97 Å². The molecule has 0 aliphatic carbocycles. The van der Waals surface area contributed by atoms with E-state index >= 15 is 0 Å². The molecular formula is C18H17Cl2N5. The summed E-state index contributed by atoms with van der Waals surface area (Å²) in [7, 11) is 0. The molecule has 7 heteroatoms. The molecule has 5 nitrogen and oxygen atoms in total. The minimum absolute atomic E-state index is 0.417. The molecule has 0 radical (unpaired) electrons. The highest BCUT2D eigenvalue weighted by Gasteiger charge is 2.11. The summed E-state index contributed by atoms with van der Waals surface area (Å²) in [6, 6.07) is 15.5. The summed E-state index contributed by atoms with van der Waals surface area (Å²) >= 11 is 12.2. The Balaban J connectivity index is 1.70. The second kappa shape index (κ2) is 8.05. The molecule has 0 fully saturated rings. The van der Waals surface area contributed by atoms with E-state index in [2.05, 4.69) is 32.7 Å². The minimum Gasteiger partial charge on any atom is -0.393 e. The summed E-state index contributed by atoms with van der Waals surface area (Å²) in [5.74, 6) is 1.05. The lowest BCUT2D eigenvalue weighted by Gasteiger charge is -2.13. The largest absolute Gasteiger partial charge is 0.393 e. The van der Waals surface area contributed by atoms with Crippen LogP contribution in [0.5, 0.6) is 0 Å². The average molecular weight is 374 g/mol. The molecule has 128 valence electrons. The van der Waals surface area contributed by atoms with Crippen LogP contribution in [0.1, 0.15) is 5.56 Å². The van der Waals surface area contributed by atoms with E-state index in [0.717, 1.165) is 6.42 Å². The number of nitrogens with zero attached hydrogens (tertiary/aromatic N) is 2. The molecule has 3 aromatic rings. The summed E-state index contributed by atoms with van der Waals surface area (Å²) in [6.45, 7) is 0.711. The maximum Gasteiger partial charge on any atom is 0.159 e. The van der Waals surface area contributed by atoms with Gasteiger partial charge in [-0.2, -0.15) is 0 Å². The quantitative estimate of drug-likeness (QED) is 0.580. The van der Waals surface area contributed by atoms with Gasteiger partial charge in [0.15, 0.2) is 11.6 Å². The summed E-state index contributed by atoms with van der Waals surface area (Å²) in [4.78, 5) is 8.39. The van der Waals surface area contributed by atoms with Gasteiger partial charge < -0.3 is 16.4 Å². The number of hydrogen-bond donors (Lipinski definition) is 3. The van der Waals surface area contributed by atoms with Crippen LogP contribution >= 0.6 is 23.2 Å². The van der Waals surface area contributed by atoms with E-state index < -0.39 is 0 Å². The first-order valence-electron chi connectivity index (χ1n) is 7.74. The van der Waals surface area contributed by atoms with Crippen molar-refractivity contribution in [1.29, 1.82) is 0 Å². The number of anilines is 4. The maximum atomic E-state index is 6.19. The smallest absolute Gasteiger partial charge is 0.159 e. The fraction of sp³-hybridized carbons (Fsp3) is 0.111. The summed E-state index contributed by atoms with van der Waals surface area (Å²) in [5, 5.41) is 7.21. The van der Waals surface area contributed by atoms with Crippen LogP contribution in [0.4, 0.5) is 23.0 Å². The zero-order chi connectivity index (χ0) is 17.6. The molecule has 0 amide bonds. The molecule has 4 N–H and O–H groups in total. The molecule has 0 spiro atoms. The Labute approximate surface area is 156 Å². The standard InChI is InChI=1S/C18H17Cl2N5/c19-13-7-4-8-14(15(13)20)25-18-16(21)17(23-11-24-18)22-10-9-12-5-2-1-3-6-12/h1-8,11H,9-10,21H2,(H2,22,23,24,25). The second-order valence-electron chi connectivity index (χ2n) is 5.37. The highest BCUT2D eigenvalue weighted by Crippen LogP contribution is 2.33. The first kappa shape index (κ1) is 17.3. The molecule has 0 bridgehead atoms. The number of nitrogens with two attached hydrogens (primary N) is 1. The van der Waals surface area contributed by atoms with Crippen LogP contribution in [0, 0.1) is 0 Å². The number of halogens is 2. The molecule has 1 heterocycles. The van der Waals surface area contributed by atoms with Gasteiger partial charge in [0.2, 0.25) is 0 Å². The lowest BCUT2D eigenvalue weighted by atomic mass is 10.1. The van der Waals surface area contributed by atoms with Gasteiger partial charge in [-0.3, -0.25) is 0 Å². The van der Waals surface area contributed by atoms with Gasteiger partial charge in [0.1, 0.15) is 12.0 Å². The van der Waals surface area contributed by atoms with Crippen LogP contribution in [-0.4, -0.2) is 16.5 Å². The number of benzene rings is 2. The lowest BCUT2D eigenvalue weighted by Crippen LogP contribution is -2.10. The van der Waals surface area contributed by atoms with E-state index in [9.17, 15) is 0 Å². The monoisotopic (exact) mass is 373 g/mol. The van der Waals surface area contributed by atoms with E-state index in [1.54, 1.807) is 18.2 Å². The SMILES string of the molecule is Nc1c(NCCc2ccccc2)ncnc1Nc1cccc(Cl)c1Cl. The van der Waals surface area contributed by atoms with E-state index in [-0.39, 0.29) is 0 Å². The van der Waals surface area contributed by atoms with Crippen molar-refractivity contribution in [2.24, 2.45) is 0 Å². The Morgan fingerprint density at radius 3 is 2.48 bits per heavy atom. The van der Waals surface area contributed by atoms with Crippen LogP contribution in [-0.2, 0) is 6.42 Å². The van der Waals surface area contributed by atoms with Crippen molar-refractivity contribution in [2.75, 3.05) is 22.9 Å². The summed E-state index contributed by atoms with van der Waals surface area (Å²) < 4.78 is 0. The predicted octanol–water partition coefficient (Wildman–Crippen LogP) is 4.76. The topological polar surface area (TPSA) is 75.9 Å². The maximum absolute atomic E-state index is 6.19. The van der Waals surface area contributed by atoms with E-state index in [1.165, 1.54) is 11.9 Å². The molecule has 0 saturated heterocycles. The molecule has 25 heavy (non-hydrogen) atoms. The highest BCUT2D eigenvalue weighted by atomic mass is 35.5. The highest BCUT2D eigenvalue weighted by molar-refractivity contribution is 6.43. The van der Waals surface area contributed by atoms with Crippen LogP contribution in [0.2, 0.25) is 10.0 Å². The Bertz CT molecular complexity index is 855. The Morgan fingerprint density at radius 1 is 0.920 bits per heavy atom. The van der Waals surface area contributed by atoms with E-state index in [4.69, 9.17) is 28.9 Å². The first-order valence-corrected chi connectivity index (χ1v) is 8.50. The van der Waals surface area contributed by atoms with Crippen LogP contribution in [0.15, 0.2) is 54.9 Å². The molecule has 0 saturated carbocycles. The number of rotatable bonds is 6. The van der Waals surface area contributed by atoms with Crippen LogP contribution in [0.25, 0.3) is 0 Å². The van der Waals surface area contributed by atoms with Crippen LogP contribution in [0.3, 0.4) is 0 Å². The third kappa shape index (κ3) is 4.32. The third-order valence-corrected chi connectivity index (χ3v) is 4.46. The number of nitrogens with one attached hydrogen (secondary N) is 2. The molecular weight excluding hydrogens is 357 g/mol. The normalized spacial score (nSPS) is 10.5. The zero-order valence-corrected chi connectivity index (χ0v) is 14.8. The fourth-order valence-electron chi connectivity index (χ4n) is 2.33. The number of nitrogen functional groups attached to an aromatic ring is 1. The van der Waals surface area contributed by atoms with Gasteiger partial charge in [-0.15, -0.1) is 0 Å². The molecule has 2 aromatic carbocycles. The third-order valence-electron chi connectivity index (χ3n) is 3.64. The molecule has 0 aliphatic heterocycles. The van der Waals surface area contributed by atoms with Crippen LogP contribution < -0.4 is 16.4 Å². The van der Waals surface area contributed by atoms with E-state index in [0.29, 0.717) is 39.6 Å². The van der Waals surface area contributed by atoms with Crippen molar-refractivity contribution < 1.29 is 0 Å². The van der Waals surface area contributed by atoms with Crippen molar-refractivity contribution in [3.63, 3.8) is 0 Å². The van der Waals surface area contributed by atoms with Crippen molar-refractivity contribution in [3.05, 3.63) is 70.5 Å². The van der Waals surface area contributed by atoms with Gasteiger partial charge in [0, 0.05) is 6.54 Å². The number of aromatic nitrogens is 2. The Hall–Kier alpha value is -2.50. The van der Waals surface area contributed by atoms with Gasteiger partial charge in [-0.25, -0.2) is 9.97 Å². The summed E-state index contributed by atoms with van der Waals surface area (Å²) in [5.41, 5.74) is 8.47. The first-order chi connectivity index (χ1) is 12.1. The van der Waals surface area contributed by atoms with Crippen molar-refractivity contribution in [3.8, 4) is 0 Å². The van der Waals surface area contributed by atoms with E-state index in [1.807, 2.05) is 18.2 Å². The molecule has 3 rings (SSSR count). The fourth-order valence-corrected chi connectivity index (χ4v) is 2.68. The lowest BCUT2D eigenvalue weighted by molar-refractivity contribution is 1.00. The Morgan fingerprint density at radius 2 is 1.68 bits per heavy atom. The Kier molecular flexibility index (Phi) is 5.58. The molecule has 0 aliphatic rings. The van der Waals surface area contributed by atoms with Crippen molar-refractivity contribution in [2.45, 2.75) is 6.42 Å². The van der Waals surface area contributed by atoms with Gasteiger partial charge in [0.25, 0.3) is 0 Å². The van der Waals surface area contributed by atoms with Gasteiger partial charge >= 0.3 is 0 Å². The van der Waals surface area contributed by atoms with Gasteiger partial charge in [-0.1, -0.05) is 59.6 Å². The minimum atomic E-state index is 0.417. The number of hydrogen-bond acceptors (Lipinski definition) is 5. The van der Waals surface area contributed by atoms with Gasteiger partial charge in [-0.05, 0) is 24.1 Å². The second-order valence-corrected chi connectivity index (χ2v) is 6.16. The molecule has 0 atom stereocenters. The van der Waals surface area contributed by atoms with Gasteiger partial charge in [0.05, 0.1) is 15.7 Å². The average Bonchev–Trinajstić information content (AvgIpc) is 2.63. The summed E-state index contributed by atoms with van der Waals surface area (Å²) in [6.07, 6.45) is 2.31. The molecule has 1 aromatic heterocycles. The molecule has 0 unspecified atom stereocenters. The van der Waals surface area contributed by atoms with Crippen molar-refractivity contribution >= 4 is 46.2 Å². The predicted molar refractivity (Wildman–Crippen MR) is 105 cm³/mol. The zero-order valence-electron chi connectivity index (χ0n) is 13.3.